The van der Waals surface area contributed by atoms with Crippen molar-refractivity contribution in [3.63, 3.8) is 0 Å². The Morgan fingerprint density at radius 1 is 1.45 bits per heavy atom. The fourth-order valence-corrected chi connectivity index (χ4v) is 2.91. The Balaban J connectivity index is 3.21. The van der Waals surface area contributed by atoms with E-state index in [1.165, 1.54) is 6.92 Å². The van der Waals surface area contributed by atoms with Crippen LogP contribution in [0.15, 0.2) is 0 Å². The van der Waals surface area contributed by atoms with E-state index in [2.05, 4.69) is 0 Å². The third-order valence-electron chi connectivity index (χ3n) is 5.01. The van der Waals surface area contributed by atoms with Gasteiger partial charge in [-0.3, -0.25) is 9.63 Å². The van der Waals surface area contributed by atoms with Crippen LogP contribution in [-0.2, 0) is 14.4 Å². The summed E-state index contributed by atoms with van der Waals surface area (Å²) in [5.41, 5.74) is -0.943. The maximum absolute atomic E-state index is 12.3. The van der Waals surface area contributed by atoms with Gasteiger partial charge in [-0.05, 0) is 33.6 Å². The molecule has 1 fully saturated rings. The molecule has 20 heavy (non-hydrogen) atoms. The molecule has 1 rings (SSSR count). The zero-order valence-corrected chi connectivity index (χ0v) is 13.4. The first-order valence-electron chi connectivity index (χ1n) is 7.35. The Morgan fingerprint density at radius 2 is 2.00 bits per heavy atom. The number of carbonyl (C=O) groups excluding carboxylic acids is 1. The summed E-state index contributed by atoms with van der Waals surface area (Å²) < 4.78 is 0. The number of ketones is 1. The van der Waals surface area contributed by atoms with E-state index in [9.17, 15) is 9.59 Å². The molecule has 116 valence electrons. The van der Waals surface area contributed by atoms with Crippen LogP contribution in [0.2, 0.25) is 0 Å². The van der Waals surface area contributed by atoms with E-state index in [-0.39, 0.29) is 11.7 Å². The summed E-state index contributed by atoms with van der Waals surface area (Å²) in [6.45, 7) is 11.4. The SMILES string of the molecule is CCC1(C)[C@@H](C)C(=O)C[C@](C)(CC)N1OC(C)C(=O)O. The minimum atomic E-state index is -0.994. The smallest absolute Gasteiger partial charge is 0.334 e. The largest absolute Gasteiger partial charge is 0.479 e. The Morgan fingerprint density at radius 3 is 2.40 bits per heavy atom. The van der Waals surface area contributed by atoms with Gasteiger partial charge < -0.3 is 5.11 Å². The van der Waals surface area contributed by atoms with E-state index in [1.807, 2.05) is 34.6 Å². The first kappa shape index (κ1) is 17.1. The van der Waals surface area contributed by atoms with E-state index in [0.29, 0.717) is 6.42 Å². The lowest BCUT2D eigenvalue weighted by atomic mass is 9.70. The second kappa shape index (κ2) is 5.82. The number of hydrogen-bond acceptors (Lipinski definition) is 4. The maximum atomic E-state index is 12.3. The molecule has 5 nitrogen and oxygen atoms in total. The van der Waals surface area contributed by atoms with Gasteiger partial charge >= 0.3 is 5.97 Å². The lowest BCUT2D eigenvalue weighted by molar-refractivity contribution is -0.310. The van der Waals surface area contributed by atoms with Gasteiger partial charge in [-0.25, -0.2) is 4.79 Å². The van der Waals surface area contributed by atoms with Crippen molar-refractivity contribution in [3.8, 4) is 0 Å². The molecule has 0 aromatic heterocycles. The number of aliphatic carboxylic acids is 1. The lowest BCUT2D eigenvalue weighted by Crippen LogP contribution is -2.67. The summed E-state index contributed by atoms with van der Waals surface area (Å²) in [7, 11) is 0. The van der Waals surface area contributed by atoms with Gasteiger partial charge in [0, 0.05) is 12.3 Å². The highest BCUT2D eigenvalue weighted by molar-refractivity contribution is 5.84. The second-order valence-electron chi connectivity index (χ2n) is 6.31. The molecule has 1 saturated heterocycles. The van der Waals surface area contributed by atoms with Crippen molar-refractivity contribution in [2.24, 2.45) is 5.92 Å². The highest BCUT2D eigenvalue weighted by Crippen LogP contribution is 2.44. The summed E-state index contributed by atoms with van der Waals surface area (Å²) in [5, 5.41) is 10.9. The summed E-state index contributed by atoms with van der Waals surface area (Å²) in [5.74, 6) is -0.943. The Hall–Kier alpha value is -0.940. The molecule has 0 aromatic rings. The van der Waals surface area contributed by atoms with Gasteiger partial charge in [-0.2, -0.15) is 5.06 Å². The number of Topliss-reactive ketones (excluding diaryl/α,β-unsaturated/α-hetero) is 1. The number of rotatable bonds is 5. The van der Waals surface area contributed by atoms with Gasteiger partial charge in [0.2, 0.25) is 0 Å². The van der Waals surface area contributed by atoms with Crippen molar-refractivity contribution in [2.75, 3.05) is 0 Å². The van der Waals surface area contributed by atoms with E-state index in [1.54, 1.807) is 5.06 Å². The minimum absolute atomic E-state index is 0.173. The summed E-state index contributed by atoms with van der Waals surface area (Å²) in [6, 6.07) is 0. The number of piperidine rings is 1. The Kier molecular flexibility index (Phi) is 4.98. The van der Waals surface area contributed by atoms with Crippen molar-refractivity contribution in [3.05, 3.63) is 0 Å². The standard InChI is InChI=1S/C15H27NO4/c1-7-14(5)9-12(17)10(3)15(6,8-2)16(14)20-11(4)13(18)19/h10-11H,7-9H2,1-6H3,(H,18,19)/t10-,11?,14-,15?/m0/s1. The molecule has 0 aromatic carbocycles. The van der Waals surface area contributed by atoms with Gasteiger partial charge in [-0.15, -0.1) is 0 Å². The number of carboxylic acids is 1. The first-order valence-corrected chi connectivity index (χ1v) is 7.35. The normalized spacial score (nSPS) is 36.9. The Labute approximate surface area is 121 Å². The summed E-state index contributed by atoms with van der Waals surface area (Å²) >= 11 is 0. The van der Waals surface area contributed by atoms with Crippen LogP contribution in [-0.4, -0.2) is 39.1 Å². The van der Waals surface area contributed by atoms with Crippen molar-refractivity contribution in [1.82, 2.24) is 5.06 Å². The van der Waals surface area contributed by atoms with Gasteiger partial charge in [0.05, 0.1) is 11.1 Å². The van der Waals surface area contributed by atoms with Crippen molar-refractivity contribution in [2.45, 2.75) is 78.0 Å². The predicted molar refractivity (Wildman–Crippen MR) is 76.2 cm³/mol. The average molecular weight is 285 g/mol. The summed E-state index contributed by atoms with van der Waals surface area (Å²) in [4.78, 5) is 29.2. The van der Waals surface area contributed by atoms with E-state index >= 15 is 0 Å². The number of nitrogens with zero attached hydrogens (tertiary/aromatic N) is 1. The van der Waals surface area contributed by atoms with Crippen LogP contribution >= 0.6 is 0 Å². The van der Waals surface area contributed by atoms with Crippen LogP contribution in [0.3, 0.4) is 0 Å². The molecule has 0 saturated carbocycles. The van der Waals surface area contributed by atoms with E-state index < -0.39 is 23.2 Å². The molecular weight excluding hydrogens is 258 g/mol. The third kappa shape index (κ3) is 2.74. The van der Waals surface area contributed by atoms with Crippen LogP contribution in [0.25, 0.3) is 0 Å². The molecule has 0 radical (unpaired) electrons. The molecule has 1 heterocycles. The van der Waals surface area contributed by atoms with Crippen molar-refractivity contribution >= 4 is 11.8 Å². The minimum Gasteiger partial charge on any atom is -0.479 e. The lowest BCUT2D eigenvalue weighted by Gasteiger charge is -2.56. The molecule has 2 unspecified atom stereocenters. The highest BCUT2D eigenvalue weighted by Gasteiger charge is 2.54. The van der Waals surface area contributed by atoms with Crippen molar-refractivity contribution in [1.29, 1.82) is 0 Å². The van der Waals surface area contributed by atoms with E-state index in [4.69, 9.17) is 9.94 Å². The van der Waals surface area contributed by atoms with Crippen molar-refractivity contribution < 1.29 is 19.5 Å². The van der Waals surface area contributed by atoms with Crippen LogP contribution in [0, 0.1) is 5.92 Å². The van der Waals surface area contributed by atoms with Crippen LogP contribution in [0.5, 0.6) is 0 Å². The number of carbonyl (C=O) groups is 2. The van der Waals surface area contributed by atoms with Gasteiger partial charge in [0.15, 0.2) is 6.10 Å². The van der Waals surface area contributed by atoms with Gasteiger partial charge in [-0.1, -0.05) is 20.8 Å². The number of carboxylic acid groups (broad SMARTS) is 1. The molecular formula is C15H27NO4. The quantitative estimate of drug-likeness (QED) is 0.841. The van der Waals surface area contributed by atoms with Crippen LogP contribution in [0.1, 0.15) is 60.8 Å². The third-order valence-corrected chi connectivity index (χ3v) is 5.01. The monoisotopic (exact) mass is 285 g/mol. The molecule has 0 spiro atoms. The van der Waals surface area contributed by atoms with Crippen LogP contribution in [0.4, 0.5) is 0 Å². The van der Waals surface area contributed by atoms with Gasteiger partial charge in [0.25, 0.3) is 0 Å². The molecule has 0 bridgehead atoms. The molecule has 0 amide bonds. The second-order valence-corrected chi connectivity index (χ2v) is 6.31. The van der Waals surface area contributed by atoms with Crippen LogP contribution < -0.4 is 0 Å². The molecule has 5 heteroatoms. The topological polar surface area (TPSA) is 66.8 Å². The first-order chi connectivity index (χ1) is 9.12. The fraction of sp³-hybridized carbons (Fsp3) is 0.867. The maximum Gasteiger partial charge on any atom is 0.334 e. The zero-order valence-electron chi connectivity index (χ0n) is 13.4. The molecule has 1 aliphatic rings. The molecule has 1 aliphatic heterocycles. The zero-order chi connectivity index (χ0) is 15.7. The van der Waals surface area contributed by atoms with E-state index in [0.717, 1.165) is 12.8 Å². The average Bonchev–Trinajstić information content (AvgIpc) is 2.40. The number of hydroxylamine groups is 2. The fourth-order valence-electron chi connectivity index (χ4n) is 2.91. The molecule has 0 aliphatic carbocycles. The number of hydrogen-bond donors (Lipinski definition) is 1. The predicted octanol–water partition coefficient (Wildman–Crippen LogP) is 2.64. The van der Waals surface area contributed by atoms with Gasteiger partial charge in [0.1, 0.15) is 5.78 Å². The molecule has 1 N–H and O–H groups in total. The Bertz CT molecular complexity index is 397. The summed E-state index contributed by atoms with van der Waals surface area (Å²) in [6.07, 6.45) is 0.925. The highest BCUT2D eigenvalue weighted by atomic mass is 16.7. The molecule has 4 atom stereocenters.